The zero-order valence-corrected chi connectivity index (χ0v) is 10.4. The lowest BCUT2D eigenvalue weighted by atomic mass is 10.1. The minimum Gasteiger partial charge on any atom is -0.330 e. The van der Waals surface area contributed by atoms with Crippen LogP contribution in [0.25, 0.3) is 0 Å². The van der Waals surface area contributed by atoms with Gasteiger partial charge in [0, 0.05) is 16.2 Å². The Morgan fingerprint density at radius 3 is 2.80 bits per heavy atom. The number of hydrogen-bond acceptors (Lipinski definition) is 1. The minimum absolute atomic E-state index is 0.564. The van der Waals surface area contributed by atoms with Crippen molar-refractivity contribution in [3.05, 3.63) is 28.2 Å². The molecule has 0 radical (unpaired) electrons. The molecule has 0 atom stereocenters. The van der Waals surface area contributed by atoms with E-state index in [1.807, 2.05) is 6.07 Å². The van der Waals surface area contributed by atoms with Crippen molar-refractivity contribution in [3.8, 4) is 0 Å². The molecule has 1 aliphatic rings. The molecular weight excluding hydrogens is 252 g/mol. The van der Waals surface area contributed by atoms with Crippen molar-refractivity contribution < 1.29 is 0 Å². The van der Waals surface area contributed by atoms with Crippen molar-refractivity contribution in [2.24, 2.45) is 0 Å². The van der Waals surface area contributed by atoms with E-state index in [4.69, 9.17) is 5.41 Å². The van der Waals surface area contributed by atoms with Crippen LogP contribution in [0.2, 0.25) is 0 Å². The molecule has 1 saturated carbocycles. The highest BCUT2D eigenvalue weighted by atomic mass is 79.9. The van der Waals surface area contributed by atoms with Crippen LogP contribution in [0.15, 0.2) is 22.7 Å². The Morgan fingerprint density at radius 2 is 2.27 bits per heavy atom. The van der Waals surface area contributed by atoms with Crippen molar-refractivity contribution in [2.75, 3.05) is 4.90 Å². The zero-order valence-electron chi connectivity index (χ0n) is 8.83. The maximum Gasteiger partial charge on any atom is 0.0864 e. The lowest BCUT2D eigenvalue weighted by molar-refractivity contribution is 0.986. The second kappa shape index (κ2) is 4.35. The summed E-state index contributed by atoms with van der Waals surface area (Å²) in [4.78, 5) is 2.09. The zero-order chi connectivity index (χ0) is 10.8. The number of rotatable bonds is 4. The molecule has 15 heavy (non-hydrogen) atoms. The molecule has 0 bridgehead atoms. The number of benzene rings is 1. The molecule has 0 amide bonds. The molecule has 1 N–H and O–H groups in total. The van der Waals surface area contributed by atoms with Gasteiger partial charge in [0.2, 0.25) is 0 Å². The monoisotopic (exact) mass is 266 g/mol. The van der Waals surface area contributed by atoms with Gasteiger partial charge in [-0.3, -0.25) is 5.41 Å². The molecular formula is C12H15BrN2. The highest BCUT2D eigenvalue weighted by Crippen LogP contribution is 2.33. The van der Waals surface area contributed by atoms with Crippen LogP contribution in [-0.4, -0.2) is 12.4 Å². The quantitative estimate of drug-likeness (QED) is 0.655. The summed E-state index contributed by atoms with van der Waals surface area (Å²) in [6.45, 7) is 2.15. The smallest absolute Gasteiger partial charge is 0.0864 e. The summed E-state index contributed by atoms with van der Waals surface area (Å²) in [7, 11) is 0. The van der Waals surface area contributed by atoms with Crippen LogP contribution in [0, 0.1) is 5.41 Å². The fourth-order valence-electron chi connectivity index (χ4n) is 1.81. The standard InChI is InChI=1S/C12H15BrN2/c1-2-9-7-10(13)3-6-12(9)15(8-14)11-4-5-11/h3,6-8,11,14H,2,4-5H2,1H3. The van der Waals surface area contributed by atoms with Gasteiger partial charge in [-0.05, 0) is 43.0 Å². The molecule has 0 saturated heterocycles. The molecule has 80 valence electrons. The van der Waals surface area contributed by atoms with Gasteiger partial charge < -0.3 is 4.90 Å². The number of nitrogens with zero attached hydrogens (tertiary/aromatic N) is 1. The van der Waals surface area contributed by atoms with E-state index in [2.05, 4.69) is 39.9 Å². The first-order valence-electron chi connectivity index (χ1n) is 5.33. The second-order valence-corrected chi connectivity index (χ2v) is 4.81. The first kappa shape index (κ1) is 10.7. The third-order valence-electron chi connectivity index (χ3n) is 2.78. The van der Waals surface area contributed by atoms with Crippen LogP contribution in [0.3, 0.4) is 0 Å². The lowest BCUT2D eigenvalue weighted by Gasteiger charge is -2.21. The number of nitrogens with one attached hydrogen (secondary N) is 1. The van der Waals surface area contributed by atoms with Crippen LogP contribution >= 0.6 is 15.9 Å². The summed E-state index contributed by atoms with van der Waals surface area (Å²) in [6, 6.07) is 6.86. The average Bonchev–Trinajstić information content (AvgIpc) is 3.05. The lowest BCUT2D eigenvalue weighted by Crippen LogP contribution is -2.24. The summed E-state index contributed by atoms with van der Waals surface area (Å²) in [5.74, 6) is 0. The molecule has 2 rings (SSSR count). The molecule has 1 fully saturated rings. The molecule has 0 spiro atoms. The number of halogens is 1. The van der Waals surface area contributed by atoms with Gasteiger partial charge in [0.15, 0.2) is 0 Å². The molecule has 1 aliphatic carbocycles. The Balaban J connectivity index is 2.36. The molecule has 2 nitrogen and oxygen atoms in total. The third-order valence-corrected chi connectivity index (χ3v) is 3.27. The van der Waals surface area contributed by atoms with Crippen molar-refractivity contribution >= 4 is 28.0 Å². The molecule has 1 aromatic rings. The van der Waals surface area contributed by atoms with E-state index in [-0.39, 0.29) is 0 Å². The molecule has 3 heteroatoms. The number of hydrogen-bond donors (Lipinski definition) is 1. The first-order valence-corrected chi connectivity index (χ1v) is 6.13. The van der Waals surface area contributed by atoms with E-state index < -0.39 is 0 Å². The van der Waals surface area contributed by atoms with Crippen LogP contribution in [-0.2, 0) is 6.42 Å². The summed E-state index contributed by atoms with van der Waals surface area (Å²) < 4.78 is 1.11. The summed E-state index contributed by atoms with van der Waals surface area (Å²) in [5, 5.41) is 7.48. The predicted molar refractivity (Wildman–Crippen MR) is 67.8 cm³/mol. The fraction of sp³-hybridized carbons (Fsp3) is 0.417. The van der Waals surface area contributed by atoms with Crippen molar-refractivity contribution in [3.63, 3.8) is 0 Å². The predicted octanol–water partition coefficient (Wildman–Crippen LogP) is 3.59. The molecule has 0 unspecified atom stereocenters. The van der Waals surface area contributed by atoms with Gasteiger partial charge >= 0.3 is 0 Å². The van der Waals surface area contributed by atoms with Crippen molar-refractivity contribution in [2.45, 2.75) is 32.2 Å². The fourth-order valence-corrected chi connectivity index (χ4v) is 2.22. The average molecular weight is 267 g/mol. The van der Waals surface area contributed by atoms with Gasteiger partial charge in [0.25, 0.3) is 0 Å². The Morgan fingerprint density at radius 1 is 1.53 bits per heavy atom. The van der Waals surface area contributed by atoms with Crippen LogP contribution in [0.1, 0.15) is 25.3 Å². The van der Waals surface area contributed by atoms with Gasteiger partial charge in [-0.2, -0.15) is 0 Å². The van der Waals surface area contributed by atoms with Crippen LogP contribution in [0.5, 0.6) is 0 Å². The van der Waals surface area contributed by atoms with E-state index >= 15 is 0 Å². The molecule has 0 heterocycles. The molecule has 0 aromatic heterocycles. The maximum atomic E-state index is 7.48. The van der Waals surface area contributed by atoms with E-state index in [0.717, 1.165) is 10.9 Å². The van der Waals surface area contributed by atoms with Gasteiger partial charge in [0.1, 0.15) is 0 Å². The van der Waals surface area contributed by atoms with E-state index in [9.17, 15) is 0 Å². The topological polar surface area (TPSA) is 27.1 Å². The van der Waals surface area contributed by atoms with Gasteiger partial charge in [-0.25, -0.2) is 0 Å². The highest BCUT2D eigenvalue weighted by Gasteiger charge is 2.29. The Kier molecular flexibility index (Phi) is 3.10. The van der Waals surface area contributed by atoms with E-state index in [1.165, 1.54) is 30.4 Å². The van der Waals surface area contributed by atoms with E-state index in [1.54, 1.807) is 0 Å². The van der Waals surface area contributed by atoms with E-state index in [0.29, 0.717) is 6.04 Å². The van der Waals surface area contributed by atoms with Gasteiger partial charge in [0.05, 0.1) is 6.34 Å². The van der Waals surface area contributed by atoms with Gasteiger partial charge in [-0.15, -0.1) is 0 Å². The van der Waals surface area contributed by atoms with Crippen LogP contribution in [0.4, 0.5) is 5.69 Å². The summed E-state index contributed by atoms with van der Waals surface area (Å²) >= 11 is 3.49. The minimum atomic E-state index is 0.564. The second-order valence-electron chi connectivity index (χ2n) is 3.89. The molecule has 0 aliphatic heterocycles. The largest absolute Gasteiger partial charge is 0.330 e. The highest BCUT2D eigenvalue weighted by molar-refractivity contribution is 9.10. The van der Waals surface area contributed by atoms with Crippen molar-refractivity contribution in [1.82, 2.24) is 0 Å². The summed E-state index contributed by atoms with van der Waals surface area (Å²) in [6.07, 6.45) is 4.90. The van der Waals surface area contributed by atoms with Crippen molar-refractivity contribution in [1.29, 1.82) is 5.41 Å². The Hall–Kier alpha value is -0.830. The SMILES string of the molecule is CCc1cc(Br)ccc1N(C=N)C1CC1. The number of aryl methyl sites for hydroxylation is 1. The molecule has 1 aromatic carbocycles. The Bertz CT molecular complexity index is 372. The third kappa shape index (κ3) is 2.23. The normalized spacial score (nSPS) is 15.1. The summed E-state index contributed by atoms with van der Waals surface area (Å²) in [5.41, 5.74) is 2.50. The Labute approximate surface area is 98.9 Å². The van der Waals surface area contributed by atoms with Crippen LogP contribution < -0.4 is 4.90 Å². The maximum absolute atomic E-state index is 7.48. The number of anilines is 1. The van der Waals surface area contributed by atoms with Gasteiger partial charge in [-0.1, -0.05) is 22.9 Å². The first-order chi connectivity index (χ1) is 7.26.